The van der Waals surface area contributed by atoms with E-state index in [0.29, 0.717) is 0 Å². The first-order chi connectivity index (χ1) is 9.15. The Balaban J connectivity index is 2.46. The van der Waals surface area contributed by atoms with Gasteiger partial charge in [0.05, 0.1) is 6.04 Å². The van der Waals surface area contributed by atoms with Crippen LogP contribution in [0.1, 0.15) is 28.3 Å². The Morgan fingerprint density at radius 1 is 0.947 bits per heavy atom. The molecule has 0 radical (unpaired) electrons. The minimum absolute atomic E-state index is 0.230. The van der Waals surface area contributed by atoms with E-state index in [0.717, 1.165) is 5.69 Å². The molecule has 19 heavy (non-hydrogen) atoms. The molecule has 0 bridgehead atoms. The Bertz CT molecular complexity index is 561. The van der Waals surface area contributed by atoms with Crippen LogP contribution in [0, 0.1) is 13.8 Å². The van der Waals surface area contributed by atoms with Crippen molar-refractivity contribution in [2.24, 2.45) is 0 Å². The fourth-order valence-corrected chi connectivity index (χ4v) is 2.45. The van der Waals surface area contributed by atoms with Gasteiger partial charge >= 0.3 is 0 Å². The second-order valence-corrected chi connectivity index (χ2v) is 4.96. The van der Waals surface area contributed by atoms with E-state index < -0.39 is 0 Å². The summed E-state index contributed by atoms with van der Waals surface area (Å²) >= 11 is 0. The monoisotopic (exact) mass is 254 g/mol. The summed E-state index contributed by atoms with van der Waals surface area (Å²) in [5.74, 6) is 0. The van der Waals surface area contributed by atoms with Crippen molar-refractivity contribution in [1.29, 1.82) is 0 Å². The van der Waals surface area contributed by atoms with Crippen LogP contribution in [-0.4, -0.2) is 14.1 Å². The number of rotatable bonds is 4. The van der Waals surface area contributed by atoms with Gasteiger partial charge in [-0.05, 0) is 49.7 Å². The molecule has 2 rings (SSSR count). The molecule has 0 amide bonds. The van der Waals surface area contributed by atoms with Crippen LogP contribution in [0.3, 0.4) is 0 Å². The van der Waals surface area contributed by atoms with E-state index in [1.807, 2.05) is 14.1 Å². The molecule has 0 heterocycles. The van der Waals surface area contributed by atoms with Crippen molar-refractivity contribution >= 4 is 5.69 Å². The average molecular weight is 254 g/mol. The van der Waals surface area contributed by atoms with Crippen molar-refractivity contribution in [1.82, 2.24) is 5.32 Å². The van der Waals surface area contributed by atoms with Gasteiger partial charge in [-0.2, -0.15) is 0 Å². The maximum atomic E-state index is 3.43. The average Bonchev–Trinajstić information content (AvgIpc) is 2.44. The summed E-state index contributed by atoms with van der Waals surface area (Å²) in [6, 6.07) is 15.4. The Kier molecular flexibility index (Phi) is 4.23. The van der Waals surface area contributed by atoms with Gasteiger partial charge in [0.1, 0.15) is 0 Å². The number of nitrogens with one attached hydrogen (secondary N) is 2. The van der Waals surface area contributed by atoms with Gasteiger partial charge < -0.3 is 10.6 Å². The van der Waals surface area contributed by atoms with Crippen molar-refractivity contribution in [2.45, 2.75) is 19.9 Å². The van der Waals surface area contributed by atoms with Crippen LogP contribution < -0.4 is 10.6 Å². The van der Waals surface area contributed by atoms with E-state index in [-0.39, 0.29) is 6.04 Å². The molecule has 0 fully saturated rings. The Morgan fingerprint density at radius 2 is 1.74 bits per heavy atom. The zero-order chi connectivity index (χ0) is 13.8. The van der Waals surface area contributed by atoms with Gasteiger partial charge in [-0.3, -0.25) is 0 Å². The van der Waals surface area contributed by atoms with Crippen molar-refractivity contribution < 1.29 is 0 Å². The van der Waals surface area contributed by atoms with Crippen LogP contribution >= 0.6 is 0 Å². The second-order valence-electron chi connectivity index (χ2n) is 4.96. The molecule has 0 aliphatic carbocycles. The third-order valence-electron chi connectivity index (χ3n) is 3.54. The molecule has 2 N–H and O–H groups in total. The quantitative estimate of drug-likeness (QED) is 0.870. The van der Waals surface area contributed by atoms with E-state index in [1.165, 1.54) is 22.3 Å². The van der Waals surface area contributed by atoms with Crippen LogP contribution in [-0.2, 0) is 0 Å². The highest BCUT2D eigenvalue weighted by Gasteiger charge is 2.14. The molecule has 2 aromatic carbocycles. The number of aryl methyl sites for hydroxylation is 2. The van der Waals surface area contributed by atoms with Gasteiger partial charge in [0.2, 0.25) is 0 Å². The third-order valence-corrected chi connectivity index (χ3v) is 3.54. The zero-order valence-electron chi connectivity index (χ0n) is 12.1. The zero-order valence-corrected chi connectivity index (χ0v) is 12.1. The van der Waals surface area contributed by atoms with Crippen LogP contribution in [0.5, 0.6) is 0 Å². The highest BCUT2D eigenvalue weighted by Crippen LogP contribution is 2.27. The van der Waals surface area contributed by atoms with Crippen LogP contribution in [0.4, 0.5) is 5.69 Å². The lowest BCUT2D eigenvalue weighted by Gasteiger charge is -2.20. The molecule has 0 aliphatic heterocycles. The SMILES string of the molecule is CNc1cccc(C(NC)c2cc(C)ccc2C)c1. The number of benzene rings is 2. The smallest absolute Gasteiger partial charge is 0.0577 e. The lowest BCUT2D eigenvalue weighted by Crippen LogP contribution is -2.19. The predicted molar refractivity (Wildman–Crippen MR) is 82.8 cm³/mol. The summed E-state index contributed by atoms with van der Waals surface area (Å²) in [5.41, 5.74) is 6.38. The molecule has 1 atom stereocenters. The molecule has 2 aromatic rings. The summed E-state index contributed by atoms with van der Waals surface area (Å²) in [6.45, 7) is 4.31. The van der Waals surface area contributed by atoms with E-state index >= 15 is 0 Å². The summed E-state index contributed by atoms with van der Waals surface area (Å²) in [5, 5.41) is 6.62. The fraction of sp³-hybridized carbons (Fsp3) is 0.294. The lowest BCUT2D eigenvalue weighted by molar-refractivity contribution is 0.687. The van der Waals surface area contributed by atoms with Gasteiger partial charge in [-0.25, -0.2) is 0 Å². The van der Waals surface area contributed by atoms with E-state index in [9.17, 15) is 0 Å². The minimum atomic E-state index is 0.230. The lowest BCUT2D eigenvalue weighted by atomic mass is 9.93. The van der Waals surface area contributed by atoms with Crippen LogP contribution in [0.25, 0.3) is 0 Å². The van der Waals surface area contributed by atoms with E-state index in [4.69, 9.17) is 0 Å². The molecule has 0 aromatic heterocycles. The first-order valence-electron chi connectivity index (χ1n) is 6.68. The van der Waals surface area contributed by atoms with Gasteiger partial charge in [-0.1, -0.05) is 35.9 Å². The maximum absolute atomic E-state index is 3.43. The molecule has 2 heteroatoms. The Labute approximate surface area is 115 Å². The summed E-state index contributed by atoms with van der Waals surface area (Å²) < 4.78 is 0. The molecule has 100 valence electrons. The minimum Gasteiger partial charge on any atom is -0.388 e. The molecule has 2 nitrogen and oxygen atoms in total. The molecule has 0 saturated heterocycles. The first kappa shape index (κ1) is 13.6. The third kappa shape index (κ3) is 2.96. The van der Waals surface area contributed by atoms with Crippen molar-refractivity contribution in [3.63, 3.8) is 0 Å². The molecule has 0 spiro atoms. The Hall–Kier alpha value is -1.80. The van der Waals surface area contributed by atoms with Gasteiger partial charge in [0, 0.05) is 12.7 Å². The second kappa shape index (κ2) is 5.89. The van der Waals surface area contributed by atoms with Gasteiger partial charge in [0.15, 0.2) is 0 Å². The Morgan fingerprint density at radius 3 is 2.42 bits per heavy atom. The normalized spacial score (nSPS) is 12.2. The van der Waals surface area contributed by atoms with Gasteiger partial charge in [0.25, 0.3) is 0 Å². The van der Waals surface area contributed by atoms with Gasteiger partial charge in [-0.15, -0.1) is 0 Å². The highest BCUT2D eigenvalue weighted by molar-refractivity contribution is 5.48. The topological polar surface area (TPSA) is 24.1 Å². The van der Waals surface area contributed by atoms with Crippen LogP contribution in [0.2, 0.25) is 0 Å². The summed E-state index contributed by atoms with van der Waals surface area (Å²) in [4.78, 5) is 0. The standard InChI is InChI=1S/C17H22N2/c1-12-8-9-13(2)16(10-12)17(19-4)14-6-5-7-15(11-14)18-3/h5-11,17-19H,1-4H3. The number of hydrogen-bond acceptors (Lipinski definition) is 2. The molecular weight excluding hydrogens is 232 g/mol. The summed E-state index contributed by atoms with van der Waals surface area (Å²) in [6.07, 6.45) is 0. The first-order valence-corrected chi connectivity index (χ1v) is 6.68. The van der Waals surface area contributed by atoms with Crippen LogP contribution in [0.15, 0.2) is 42.5 Å². The largest absolute Gasteiger partial charge is 0.388 e. The van der Waals surface area contributed by atoms with E-state index in [1.54, 1.807) is 0 Å². The van der Waals surface area contributed by atoms with E-state index in [2.05, 4.69) is 66.9 Å². The molecule has 0 aliphatic rings. The fourth-order valence-electron chi connectivity index (χ4n) is 2.45. The van der Waals surface area contributed by atoms with Crippen molar-refractivity contribution in [3.8, 4) is 0 Å². The maximum Gasteiger partial charge on any atom is 0.0577 e. The molecule has 0 saturated carbocycles. The molecular formula is C17H22N2. The van der Waals surface area contributed by atoms with Crippen molar-refractivity contribution in [3.05, 3.63) is 64.7 Å². The molecule has 1 unspecified atom stereocenters. The predicted octanol–water partition coefficient (Wildman–Crippen LogP) is 3.65. The van der Waals surface area contributed by atoms with Crippen molar-refractivity contribution in [2.75, 3.05) is 19.4 Å². The number of anilines is 1. The summed E-state index contributed by atoms with van der Waals surface area (Å²) in [7, 11) is 3.96. The number of hydrogen-bond donors (Lipinski definition) is 2. The highest BCUT2D eigenvalue weighted by atomic mass is 14.9.